The van der Waals surface area contributed by atoms with Gasteiger partial charge in [-0.2, -0.15) is 37.0 Å². The predicted octanol–water partition coefficient (Wildman–Crippen LogP) is 10.6. The van der Waals surface area contributed by atoms with Gasteiger partial charge in [0.1, 0.15) is 38.8 Å². The summed E-state index contributed by atoms with van der Waals surface area (Å²) in [4.78, 5) is 48.5. The quantitative estimate of drug-likeness (QED) is 0.0337. The number of pyridine rings is 4. The molecule has 0 radical (unpaired) electrons. The number of nitrogens with one attached hydrogen (secondary N) is 1. The minimum absolute atomic E-state index is 0. The number of rotatable bonds is 14. The number of methoxy groups -OCH3 is 4. The van der Waals surface area contributed by atoms with Crippen LogP contribution in [0.25, 0.3) is 44.3 Å². The van der Waals surface area contributed by atoms with E-state index < -0.39 is 83.3 Å². The van der Waals surface area contributed by atoms with Crippen molar-refractivity contribution in [3.63, 3.8) is 0 Å². The molecule has 34 heteroatoms. The van der Waals surface area contributed by atoms with E-state index in [0.29, 0.717) is 28.0 Å². The van der Waals surface area contributed by atoms with Crippen LogP contribution in [0.2, 0.25) is 10.0 Å². The zero-order valence-corrected chi connectivity index (χ0v) is 54.0. The second kappa shape index (κ2) is 29.5. The fraction of sp³-hybridized carbons (Fsp3) is 0.138. The number of anilines is 2. The molecule has 4 atom stereocenters. The van der Waals surface area contributed by atoms with Gasteiger partial charge < -0.3 is 28.9 Å². The van der Waals surface area contributed by atoms with E-state index in [1.54, 1.807) is 24.5 Å². The Kier molecular flexibility index (Phi) is 22.6. The molecule has 0 saturated carbocycles. The number of ether oxygens (including phenoxy) is 4. The van der Waals surface area contributed by atoms with E-state index >= 15 is 8.78 Å². The SMILES string of the molecule is COC1=C(n2c(=O)ccc3cc(S(=O)(=O)Nc4cnccn4)ccc32)C[C@@H](F)C(c2cnc(OC)c(Cl)c2)=C1.COC1=C(n2c(=O)ccc3cc(S(=O)(=O)Oc4c(F)c(F)c(F)c(F)c4F)ccc32)C[C@@H](F)C(c2cnc(OC)c(Cl)c2)=C1.Nc1ncccn1.P.P. The van der Waals surface area contributed by atoms with Gasteiger partial charge in [0.25, 0.3) is 21.1 Å². The van der Waals surface area contributed by atoms with Crippen LogP contribution in [-0.4, -0.2) is 96.7 Å². The third kappa shape index (κ3) is 14.8. The zero-order chi connectivity index (χ0) is 64.9. The van der Waals surface area contributed by atoms with E-state index in [1.807, 2.05) is 0 Å². The molecule has 6 heterocycles. The Morgan fingerprint density at radius 2 is 1.02 bits per heavy atom. The number of sulfonamides is 1. The second-order valence-corrected chi connectivity index (χ2v) is 22.7. The minimum atomic E-state index is -5.17. The van der Waals surface area contributed by atoms with Crippen LogP contribution in [0.3, 0.4) is 0 Å². The summed E-state index contributed by atoms with van der Waals surface area (Å²) in [6.45, 7) is 0. The molecule has 21 nitrogen and oxygen atoms in total. The molecule has 3 N–H and O–H groups in total. The second-order valence-electron chi connectivity index (χ2n) is 18.7. The molecule has 0 amide bonds. The largest absolute Gasteiger partial charge is 0.495 e. The lowest BCUT2D eigenvalue weighted by atomic mass is 9.93. The van der Waals surface area contributed by atoms with Gasteiger partial charge in [-0.25, -0.2) is 55.3 Å². The van der Waals surface area contributed by atoms with Crippen molar-refractivity contribution in [3.05, 3.63) is 217 Å². The monoisotopic (exact) mass is 1390 g/mol. The van der Waals surface area contributed by atoms with Gasteiger partial charge in [0, 0.05) is 84.1 Å². The molecule has 482 valence electrons. The number of nitrogen functional groups attached to an aromatic ring is 1. The Balaban J connectivity index is 0.000000232. The molecule has 11 rings (SSSR count). The summed E-state index contributed by atoms with van der Waals surface area (Å²) >= 11 is 12.3. The number of aromatic nitrogens is 8. The van der Waals surface area contributed by atoms with E-state index in [4.69, 9.17) is 47.9 Å². The molecule has 6 aromatic heterocycles. The van der Waals surface area contributed by atoms with Gasteiger partial charge in [0.2, 0.25) is 52.5 Å². The first kappa shape index (κ1) is 70.4. The molecule has 0 saturated heterocycles. The predicted molar refractivity (Wildman–Crippen MR) is 339 cm³/mol. The Morgan fingerprint density at radius 3 is 1.43 bits per heavy atom. The summed E-state index contributed by atoms with van der Waals surface area (Å²) < 4.78 is 181. The van der Waals surface area contributed by atoms with Gasteiger partial charge in [0.15, 0.2) is 5.82 Å². The summed E-state index contributed by atoms with van der Waals surface area (Å²) in [5.74, 6) is -13.2. The maximum atomic E-state index is 15.6. The van der Waals surface area contributed by atoms with Gasteiger partial charge in [-0.3, -0.25) is 28.4 Å². The molecule has 9 aromatic rings. The molecule has 2 aliphatic rings. The average molecular weight is 1390 g/mol. The smallest absolute Gasteiger partial charge is 0.339 e. The van der Waals surface area contributed by atoms with Gasteiger partial charge in [-0.05, 0) is 90.0 Å². The highest BCUT2D eigenvalue weighted by atomic mass is 35.5. The van der Waals surface area contributed by atoms with E-state index in [1.165, 1.54) is 119 Å². The van der Waals surface area contributed by atoms with Crippen LogP contribution in [0.15, 0.2) is 165 Å². The van der Waals surface area contributed by atoms with Crippen LogP contribution >= 0.6 is 43.0 Å². The molecule has 3 aromatic carbocycles. The lowest BCUT2D eigenvalue weighted by Crippen LogP contribution is -2.24. The van der Waals surface area contributed by atoms with E-state index in [2.05, 4.69) is 38.8 Å². The van der Waals surface area contributed by atoms with Crippen LogP contribution in [0.1, 0.15) is 24.0 Å². The van der Waals surface area contributed by atoms with Crippen LogP contribution < -0.4 is 35.2 Å². The van der Waals surface area contributed by atoms with E-state index in [0.717, 1.165) is 28.8 Å². The number of alkyl halides is 2. The number of fused-ring (bicyclic) bond motifs is 2. The molecule has 0 fully saturated rings. The van der Waals surface area contributed by atoms with Gasteiger partial charge in [0.05, 0.1) is 62.0 Å². The minimum Gasteiger partial charge on any atom is -0.495 e. The Hall–Kier alpha value is -9.05. The van der Waals surface area contributed by atoms with Crippen molar-refractivity contribution in [1.82, 2.24) is 39.0 Å². The third-order valence-corrected chi connectivity index (χ3v) is 16.4. The lowest BCUT2D eigenvalue weighted by molar-refractivity contribution is 0.299. The van der Waals surface area contributed by atoms with E-state index in [-0.39, 0.29) is 110 Å². The van der Waals surface area contributed by atoms with Crippen LogP contribution in [0.5, 0.6) is 17.5 Å². The van der Waals surface area contributed by atoms with Gasteiger partial charge >= 0.3 is 10.1 Å². The van der Waals surface area contributed by atoms with Crippen molar-refractivity contribution < 1.29 is 70.7 Å². The third-order valence-electron chi connectivity index (χ3n) is 13.3. The van der Waals surface area contributed by atoms with Gasteiger partial charge in [-0.15, -0.1) is 0 Å². The van der Waals surface area contributed by atoms with E-state index in [9.17, 15) is 48.4 Å². The Labute approximate surface area is 534 Å². The first-order valence-electron chi connectivity index (χ1n) is 25.6. The van der Waals surface area contributed by atoms with Crippen LogP contribution in [0, 0.1) is 29.1 Å². The number of halogens is 9. The first-order chi connectivity index (χ1) is 42.9. The summed E-state index contributed by atoms with van der Waals surface area (Å²) in [6, 6.07) is 16.9. The van der Waals surface area contributed by atoms with Crippen molar-refractivity contribution in [3.8, 4) is 17.5 Å². The maximum absolute atomic E-state index is 15.6. The van der Waals surface area contributed by atoms with Crippen LogP contribution in [-0.2, 0) is 29.6 Å². The van der Waals surface area contributed by atoms with Gasteiger partial charge in [-0.1, -0.05) is 23.2 Å². The first-order valence-corrected chi connectivity index (χ1v) is 29.3. The molecule has 92 heavy (non-hydrogen) atoms. The molecule has 2 aliphatic carbocycles. The summed E-state index contributed by atoms with van der Waals surface area (Å²) in [6.07, 6.45) is 9.16. The number of nitrogens with two attached hydrogens (primary N) is 1. The van der Waals surface area contributed by atoms with Crippen LogP contribution in [0.4, 0.5) is 42.5 Å². The van der Waals surface area contributed by atoms with Crippen molar-refractivity contribution >= 4 is 119 Å². The standard InChI is InChI=1S/C28H17ClF6N2O6S.C26H21ClFN5O5S.C4H5N3.2H3P/c1-41-20-9-15(13-8-16(29)28(42-2)36-11-13)17(30)10-19(20)37-18-5-4-14(7-12(18)3-6-21(37)38)44(39,40)43-27-25(34)23(32)22(31)24(33)26(27)35;1-37-23-11-18(16-10-19(27)26(38-2)31-13-16)20(28)12-22(23)33-21-5-4-17(9-15(21)3-6-25(33)34)39(35,36)32-24-14-29-7-8-30-24;5-4-6-2-1-3-7-4;;/h3-9,11,17H,10H2,1-2H3;3-11,13-14,20H,12H2,1-2H3,(H,30,32);1-3H,(H2,5,6,7);2*1H3/t17-;20-;;;/m11.../s1. The number of benzene rings is 3. The zero-order valence-electron chi connectivity index (χ0n) is 48.0. The number of hydrogen-bond acceptors (Lipinski definition) is 18. The summed E-state index contributed by atoms with van der Waals surface area (Å²) in [5.41, 5.74) is 6.05. The average Bonchev–Trinajstić information content (AvgIpc) is 0.785. The topological polar surface area (TPSA) is 274 Å². The normalized spacial score (nSPS) is 14.7. The highest BCUT2D eigenvalue weighted by Crippen LogP contribution is 2.40. The van der Waals surface area contributed by atoms with Crippen molar-refractivity contribution in [1.29, 1.82) is 0 Å². The molecular formula is C58H49Cl2F7N10O11P2S2. The van der Waals surface area contributed by atoms with Crippen molar-refractivity contribution in [2.45, 2.75) is 35.0 Å². The number of allylic oxidation sites excluding steroid dienone is 6. The fourth-order valence-electron chi connectivity index (χ4n) is 9.14. The lowest BCUT2D eigenvalue weighted by Gasteiger charge is -2.25. The Morgan fingerprint density at radius 1 is 0.565 bits per heavy atom. The molecule has 0 aliphatic heterocycles. The molecule has 2 unspecified atom stereocenters. The Bertz CT molecular complexity index is 4790. The molecule has 0 bridgehead atoms. The molecule has 0 spiro atoms. The summed E-state index contributed by atoms with van der Waals surface area (Å²) in [7, 11) is -3.66. The fourth-order valence-corrected chi connectivity index (χ4v) is 11.6. The van der Waals surface area contributed by atoms with Crippen molar-refractivity contribution in [2.24, 2.45) is 0 Å². The number of nitrogens with zero attached hydrogens (tertiary/aromatic N) is 8. The highest BCUT2D eigenvalue weighted by Gasteiger charge is 2.33. The maximum Gasteiger partial charge on any atom is 0.339 e. The van der Waals surface area contributed by atoms with Crippen molar-refractivity contribution in [2.75, 3.05) is 38.9 Å². The summed E-state index contributed by atoms with van der Waals surface area (Å²) in [5, 5.41) is 0.843. The molecular weight excluding hydrogens is 1340 g/mol. The highest BCUT2D eigenvalue weighted by molar-refractivity contribution is 7.92. The number of hydrogen-bond donors (Lipinski definition) is 2.